The second kappa shape index (κ2) is 77.9. The minimum Gasteiger partial charge on any atom is -0.481 e. The Bertz CT molecular complexity index is 845. The van der Waals surface area contributed by atoms with Gasteiger partial charge in [-0.15, -0.1) is 0 Å². The van der Waals surface area contributed by atoms with Crippen molar-refractivity contribution in [3.05, 3.63) is 0 Å². The smallest absolute Gasteiger partial charge is 0.303 e. The van der Waals surface area contributed by atoms with E-state index in [9.17, 15) is 14.4 Å². The highest BCUT2D eigenvalue weighted by Gasteiger charge is 2.00. The van der Waals surface area contributed by atoms with E-state index in [1.807, 2.05) is 0 Å². The maximum absolute atomic E-state index is 10.3. The molecule has 0 aromatic carbocycles. The van der Waals surface area contributed by atoms with Gasteiger partial charge in [0.25, 0.3) is 0 Å². The summed E-state index contributed by atoms with van der Waals surface area (Å²) in [5.41, 5.74) is 0. The molecule has 0 fully saturated rings. The van der Waals surface area contributed by atoms with Gasteiger partial charge in [-0.1, -0.05) is 252 Å². The van der Waals surface area contributed by atoms with Crippen LogP contribution in [-0.4, -0.2) is 137 Å². The maximum Gasteiger partial charge on any atom is 0.303 e. The number of carboxylic acid groups (broad SMARTS) is 3. The second-order valence-corrected chi connectivity index (χ2v) is 19.2. The van der Waals surface area contributed by atoms with Gasteiger partial charge >= 0.3 is 17.9 Å². The Balaban J connectivity index is -0.000000193. The third-order valence-corrected chi connectivity index (χ3v) is 11.7. The molecule has 0 bridgehead atoms. The molecule has 0 saturated carbocycles. The zero-order valence-corrected chi connectivity index (χ0v) is 46.8. The molecule has 0 aliphatic heterocycles. The zero-order valence-electron chi connectivity index (χ0n) is 46.8. The Morgan fingerprint density at radius 3 is 0.431 bits per heavy atom. The summed E-state index contributed by atoms with van der Waals surface area (Å²) in [7, 11) is 0. The van der Waals surface area contributed by atoms with Gasteiger partial charge in [-0.3, -0.25) is 14.4 Å². The van der Waals surface area contributed by atoms with E-state index in [2.05, 4.69) is 20.8 Å². The zero-order chi connectivity index (χ0) is 55.4. The minimum atomic E-state index is -0.954. The monoisotopic (exact) mass is 1040 g/mol. The van der Waals surface area contributed by atoms with Crippen molar-refractivity contribution >= 4 is 17.9 Å². The topological polar surface area (TPSA) is 294 Å². The third kappa shape index (κ3) is 101. The van der Waals surface area contributed by atoms with Crippen LogP contribution in [0.2, 0.25) is 0 Å². The van der Waals surface area contributed by atoms with Crippen LogP contribution >= 0.6 is 0 Å². The lowest BCUT2D eigenvalue weighted by Gasteiger charge is -2.02. The summed E-state index contributed by atoms with van der Waals surface area (Å²) in [6, 6.07) is 0. The second-order valence-electron chi connectivity index (χ2n) is 19.2. The lowest BCUT2D eigenvalue weighted by atomic mass is 10.0. The molecule has 0 rings (SSSR count). The Morgan fingerprint density at radius 2 is 0.347 bits per heavy atom. The van der Waals surface area contributed by atoms with Crippen molar-refractivity contribution < 1.29 is 75.7 Å². The third-order valence-electron chi connectivity index (χ3n) is 11.7. The van der Waals surface area contributed by atoms with Gasteiger partial charge < -0.3 is 61.3 Å². The average molecular weight is 1050 g/mol. The summed E-state index contributed by atoms with van der Waals surface area (Å²) >= 11 is 0. The number of carboxylic acids is 3. The van der Waals surface area contributed by atoms with Gasteiger partial charge in [0.05, 0.1) is 39.6 Å². The number of aliphatic hydroxyl groups excluding tert-OH is 9. The number of carbonyl (C=O) groups is 3. The van der Waals surface area contributed by atoms with E-state index in [4.69, 9.17) is 61.3 Å². The standard InChI is InChI=1S/3C16H32O2.3C3H8O3/c3*1-2-3-4-5-6-7-8-9-10-11-12-13-14-15-16(17)18;3*4-1-3(6)2-5/h3*2-15H2,1H3,(H,17,18);3*3-6H,1-2H2. The van der Waals surface area contributed by atoms with Crippen LogP contribution in [0, 0.1) is 0 Å². The van der Waals surface area contributed by atoms with E-state index in [0.717, 1.165) is 38.5 Å². The van der Waals surface area contributed by atoms with E-state index in [0.29, 0.717) is 19.3 Å². The molecular weight excluding hydrogens is 925 g/mol. The fourth-order valence-corrected chi connectivity index (χ4v) is 7.06. The highest BCUT2D eigenvalue weighted by Crippen LogP contribution is 2.15. The lowest BCUT2D eigenvalue weighted by Crippen LogP contribution is -2.15. The van der Waals surface area contributed by atoms with E-state index in [1.165, 1.54) is 212 Å². The van der Waals surface area contributed by atoms with Gasteiger partial charge in [-0.2, -0.15) is 0 Å². The number of unbranched alkanes of at least 4 members (excludes halogenated alkanes) is 36. The number of hydrogen-bond donors (Lipinski definition) is 12. The Labute approximate surface area is 440 Å². The minimum absolute atomic E-state index is 0.345. The van der Waals surface area contributed by atoms with Gasteiger partial charge in [0.1, 0.15) is 18.3 Å². The van der Waals surface area contributed by atoms with E-state index in [1.54, 1.807) is 0 Å². The van der Waals surface area contributed by atoms with Crippen LogP contribution in [-0.2, 0) is 14.4 Å². The van der Waals surface area contributed by atoms with Gasteiger partial charge in [0.2, 0.25) is 0 Å². The Kier molecular flexibility index (Phi) is 88.1. The first-order valence-electron chi connectivity index (χ1n) is 29.1. The highest BCUT2D eigenvalue weighted by atomic mass is 16.4. The van der Waals surface area contributed by atoms with Crippen molar-refractivity contribution in [2.75, 3.05) is 39.6 Å². The number of hydrogen-bond acceptors (Lipinski definition) is 12. The van der Waals surface area contributed by atoms with Crippen molar-refractivity contribution in [1.82, 2.24) is 0 Å². The molecule has 0 radical (unpaired) electrons. The summed E-state index contributed by atoms with van der Waals surface area (Å²) in [6.07, 6.45) is 48.9. The first-order valence-corrected chi connectivity index (χ1v) is 29.1. The Morgan fingerprint density at radius 1 is 0.236 bits per heavy atom. The lowest BCUT2D eigenvalue weighted by molar-refractivity contribution is -0.138. The number of rotatable bonds is 48. The molecule has 0 aliphatic rings. The van der Waals surface area contributed by atoms with Gasteiger partial charge in [-0.25, -0.2) is 0 Å². The molecule has 15 heteroatoms. The molecule has 72 heavy (non-hydrogen) atoms. The van der Waals surface area contributed by atoms with Gasteiger partial charge in [0.15, 0.2) is 0 Å². The summed E-state index contributed by atoms with van der Waals surface area (Å²) < 4.78 is 0. The molecule has 15 nitrogen and oxygen atoms in total. The first-order chi connectivity index (χ1) is 34.7. The number of aliphatic carboxylic acids is 3. The molecule has 438 valence electrons. The van der Waals surface area contributed by atoms with E-state index < -0.39 is 36.2 Å². The van der Waals surface area contributed by atoms with Gasteiger partial charge in [0, 0.05) is 19.3 Å². The molecule has 0 aromatic heterocycles. The first kappa shape index (κ1) is 81.4. The fourth-order valence-electron chi connectivity index (χ4n) is 7.06. The predicted octanol–water partition coefficient (Wildman–Crippen LogP) is 11.7. The molecule has 0 spiro atoms. The van der Waals surface area contributed by atoms with Crippen LogP contribution in [0.3, 0.4) is 0 Å². The summed E-state index contributed by atoms with van der Waals surface area (Å²) in [6.45, 7) is 4.59. The Hall–Kier alpha value is -1.95. The summed E-state index contributed by atoms with van der Waals surface area (Å²) in [5.74, 6) is -1.96. The fraction of sp³-hybridized carbons (Fsp3) is 0.947. The molecule has 0 aromatic rings. The largest absolute Gasteiger partial charge is 0.481 e. The molecule has 0 saturated heterocycles. The molecule has 0 unspecified atom stereocenters. The van der Waals surface area contributed by atoms with Crippen LogP contribution < -0.4 is 0 Å². The molecule has 0 atom stereocenters. The van der Waals surface area contributed by atoms with Crippen LogP contribution in [0.5, 0.6) is 0 Å². The molecule has 0 aliphatic carbocycles. The van der Waals surface area contributed by atoms with E-state index >= 15 is 0 Å². The van der Waals surface area contributed by atoms with Crippen molar-refractivity contribution in [2.24, 2.45) is 0 Å². The predicted molar refractivity (Wildman–Crippen MR) is 294 cm³/mol. The average Bonchev–Trinajstić information content (AvgIpc) is 3.38. The number of aliphatic hydroxyl groups is 9. The van der Waals surface area contributed by atoms with Crippen LogP contribution in [0.15, 0.2) is 0 Å². The molecule has 12 N–H and O–H groups in total. The van der Waals surface area contributed by atoms with Crippen molar-refractivity contribution in [3.63, 3.8) is 0 Å². The van der Waals surface area contributed by atoms with Crippen molar-refractivity contribution in [1.29, 1.82) is 0 Å². The molecule has 0 heterocycles. The van der Waals surface area contributed by atoms with Crippen molar-refractivity contribution in [3.8, 4) is 0 Å². The van der Waals surface area contributed by atoms with Crippen LogP contribution in [0.25, 0.3) is 0 Å². The maximum atomic E-state index is 10.3. The van der Waals surface area contributed by atoms with Gasteiger partial charge in [-0.05, 0) is 19.3 Å². The highest BCUT2D eigenvalue weighted by molar-refractivity contribution is 5.67. The normalized spacial score (nSPS) is 10.5. The summed E-state index contributed by atoms with van der Waals surface area (Å²) in [5, 5.41) is 97.5. The SMILES string of the molecule is CCCCCCCCCCCCCCCC(=O)O.CCCCCCCCCCCCCCCC(=O)O.CCCCCCCCCCCCCCCC(=O)O.OCC(O)CO.OCC(O)CO.OCC(O)CO. The van der Waals surface area contributed by atoms with E-state index in [-0.39, 0.29) is 39.6 Å². The molecular formula is C57H120O15. The van der Waals surface area contributed by atoms with Crippen LogP contribution in [0.4, 0.5) is 0 Å². The molecule has 0 amide bonds. The van der Waals surface area contributed by atoms with Crippen LogP contribution in [0.1, 0.15) is 290 Å². The summed E-state index contributed by atoms with van der Waals surface area (Å²) in [4.78, 5) is 30.9. The quantitative estimate of drug-likeness (QED) is 0.0252. The van der Waals surface area contributed by atoms with Crippen molar-refractivity contribution in [2.45, 2.75) is 309 Å².